The van der Waals surface area contributed by atoms with E-state index in [4.69, 9.17) is 11.5 Å². The number of carbonyl (C=O) groups excluding carboxylic acids is 3. The van der Waals surface area contributed by atoms with Crippen molar-refractivity contribution >= 4 is 23.7 Å². The monoisotopic (exact) mass is 447 g/mol. The third-order valence-electron chi connectivity index (χ3n) is 4.54. The number of rotatable bonds is 15. The van der Waals surface area contributed by atoms with Crippen LogP contribution in [-0.2, 0) is 19.2 Å². The molecule has 0 aliphatic rings. The lowest BCUT2D eigenvalue weighted by Crippen LogP contribution is -2.59. The maximum Gasteiger partial charge on any atom is 0.326 e. The number of carboxylic acids is 1. The average Bonchev–Trinajstić information content (AvgIpc) is 2.69. The van der Waals surface area contributed by atoms with Gasteiger partial charge in [0.05, 0.1) is 12.7 Å². The molecular formula is C19H37N5O7. The molecule has 0 aromatic rings. The Morgan fingerprint density at radius 2 is 1.39 bits per heavy atom. The minimum Gasteiger partial charge on any atom is -0.480 e. The van der Waals surface area contributed by atoms with E-state index in [0.717, 1.165) is 0 Å². The van der Waals surface area contributed by atoms with Crippen molar-refractivity contribution in [1.82, 2.24) is 16.0 Å². The molecule has 0 aromatic heterocycles. The van der Waals surface area contributed by atoms with Crippen molar-refractivity contribution in [2.75, 3.05) is 13.2 Å². The maximum atomic E-state index is 12.7. The van der Waals surface area contributed by atoms with Gasteiger partial charge in [0, 0.05) is 0 Å². The molecule has 0 saturated carbocycles. The highest BCUT2D eigenvalue weighted by Gasteiger charge is 2.30. The maximum absolute atomic E-state index is 12.7. The lowest BCUT2D eigenvalue weighted by molar-refractivity contribution is -0.143. The normalized spacial score (nSPS) is 16.0. The molecule has 0 rings (SSSR count). The van der Waals surface area contributed by atoms with Crippen molar-refractivity contribution in [3.05, 3.63) is 0 Å². The van der Waals surface area contributed by atoms with E-state index in [1.165, 1.54) is 6.92 Å². The van der Waals surface area contributed by atoms with Crippen molar-refractivity contribution < 1.29 is 34.5 Å². The van der Waals surface area contributed by atoms with Crippen LogP contribution in [0.3, 0.4) is 0 Å². The van der Waals surface area contributed by atoms with Gasteiger partial charge < -0.3 is 42.7 Å². The van der Waals surface area contributed by atoms with E-state index in [9.17, 15) is 34.5 Å². The molecule has 0 fully saturated rings. The van der Waals surface area contributed by atoms with Gasteiger partial charge in [0.1, 0.15) is 24.2 Å². The second-order valence-corrected chi connectivity index (χ2v) is 7.88. The molecule has 10 N–H and O–H groups in total. The summed E-state index contributed by atoms with van der Waals surface area (Å²) in [6.07, 6.45) is 0.280. The van der Waals surface area contributed by atoms with E-state index in [1.807, 2.05) is 13.8 Å². The zero-order valence-corrected chi connectivity index (χ0v) is 18.3. The number of unbranched alkanes of at least 4 members (excludes halogenated alkanes) is 1. The van der Waals surface area contributed by atoms with E-state index in [1.54, 1.807) is 0 Å². The molecule has 12 heteroatoms. The first kappa shape index (κ1) is 28.7. The number of carbonyl (C=O) groups is 4. The van der Waals surface area contributed by atoms with Gasteiger partial charge in [0.15, 0.2) is 0 Å². The van der Waals surface area contributed by atoms with Gasteiger partial charge in [-0.05, 0) is 45.1 Å². The summed E-state index contributed by atoms with van der Waals surface area (Å²) in [7, 11) is 0. The first-order valence-corrected chi connectivity index (χ1v) is 10.3. The number of carboxylic acid groups (broad SMARTS) is 1. The van der Waals surface area contributed by atoms with Gasteiger partial charge in [0.25, 0.3) is 0 Å². The van der Waals surface area contributed by atoms with E-state index in [-0.39, 0.29) is 18.8 Å². The van der Waals surface area contributed by atoms with Crippen LogP contribution in [0.1, 0.15) is 46.5 Å². The van der Waals surface area contributed by atoms with Gasteiger partial charge in [0.2, 0.25) is 17.7 Å². The fraction of sp³-hybridized carbons (Fsp3) is 0.789. The van der Waals surface area contributed by atoms with Crippen LogP contribution in [0.2, 0.25) is 0 Å². The number of hydrogen-bond acceptors (Lipinski definition) is 8. The Hall–Kier alpha value is -2.28. The van der Waals surface area contributed by atoms with Crippen molar-refractivity contribution in [3.8, 4) is 0 Å². The molecule has 0 spiro atoms. The molecule has 0 radical (unpaired) electrons. The van der Waals surface area contributed by atoms with E-state index >= 15 is 0 Å². The number of nitrogens with one attached hydrogen (secondary N) is 3. The SMILES string of the molecule is CC(C)CC(NC(=O)C(CCCCN)NC(=O)C(CO)NC(=O)C(N)C(C)O)C(=O)O. The van der Waals surface area contributed by atoms with Crippen LogP contribution in [0.4, 0.5) is 0 Å². The van der Waals surface area contributed by atoms with Crippen LogP contribution < -0.4 is 27.4 Å². The largest absolute Gasteiger partial charge is 0.480 e. The van der Waals surface area contributed by atoms with Gasteiger partial charge in [-0.15, -0.1) is 0 Å². The Morgan fingerprint density at radius 1 is 0.871 bits per heavy atom. The summed E-state index contributed by atoms with van der Waals surface area (Å²) in [5.41, 5.74) is 11.0. The Labute approximate surface area is 182 Å². The predicted octanol–water partition coefficient (Wildman–Crippen LogP) is -2.60. The fourth-order valence-corrected chi connectivity index (χ4v) is 2.68. The Balaban J connectivity index is 5.29. The minimum absolute atomic E-state index is 0.0128. The summed E-state index contributed by atoms with van der Waals surface area (Å²) in [5, 5.41) is 35.3. The van der Waals surface area contributed by atoms with Gasteiger partial charge in [-0.1, -0.05) is 13.8 Å². The third kappa shape index (κ3) is 11.1. The average molecular weight is 448 g/mol. The van der Waals surface area contributed by atoms with Gasteiger partial charge in [-0.2, -0.15) is 0 Å². The lowest BCUT2D eigenvalue weighted by Gasteiger charge is -2.25. The minimum atomic E-state index is -1.41. The lowest BCUT2D eigenvalue weighted by atomic mass is 10.0. The molecule has 5 atom stereocenters. The summed E-state index contributed by atoms with van der Waals surface area (Å²) in [6.45, 7) is 4.53. The van der Waals surface area contributed by atoms with E-state index < -0.39 is 60.6 Å². The number of amides is 3. The molecule has 180 valence electrons. The summed E-state index contributed by atoms with van der Waals surface area (Å²) < 4.78 is 0. The standard InChI is InChI=1S/C19H37N5O7/c1-10(2)8-13(19(30)31)23-16(27)12(6-4-5-7-20)22-17(28)14(9-25)24-18(29)15(21)11(3)26/h10-15,25-26H,4-9,20-21H2,1-3H3,(H,22,28)(H,23,27)(H,24,29)(H,30,31). The van der Waals surface area contributed by atoms with Crippen LogP contribution in [-0.4, -0.2) is 82.4 Å². The molecule has 0 aromatic carbocycles. The number of aliphatic carboxylic acids is 1. The number of nitrogens with two attached hydrogens (primary N) is 2. The molecule has 0 saturated heterocycles. The molecule has 0 heterocycles. The summed E-state index contributed by atoms with van der Waals surface area (Å²) in [5.74, 6) is -3.57. The van der Waals surface area contributed by atoms with Crippen LogP contribution in [0.5, 0.6) is 0 Å². The second-order valence-electron chi connectivity index (χ2n) is 7.88. The van der Waals surface area contributed by atoms with E-state index in [0.29, 0.717) is 19.4 Å². The molecule has 0 aliphatic carbocycles. The topological polar surface area (TPSA) is 217 Å². The fourth-order valence-electron chi connectivity index (χ4n) is 2.68. The first-order valence-electron chi connectivity index (χ1n) is 10.3. The summed E-state index contributed by atoms with van der Waals surface area (Å²) in [6, 6.07) is -4.94. The zero-order valence-electron chi connectivity index (χ0n) is 18.3. The Kier molecular flexibility index (Phi) is 13.6. The molecule has 0 aliphatic heterocycles. The molecular weight excluding hydrogens is 410 g/mol. The predicted molar refractivity (Wildman–Crippen MR) is 113 cm³/mol. The van der Waals surface area contributed by atoms with Crippen molar-refractivity contribution in [2.45, 2.75) is 76.7 Å². The molecule has 5 unspecified atom stereocenters. The number of aliphatic hydroxyl groups is 2. The molecule has 0 bridgehead atoms. The molecule has 12 nitrogen and oxygen atoms in total. The highest BCUT2D eigenvalue weighted by Crippen LogP contribution is 2.07. The second kappa shape index (κ2) is 14.7. The number of aliphatic hydroxyl groups excluding tert-OH is 2. The van der Waals surface area contributed by atoms with Crippen LogP contribution >= 0.6 is 0 Å². The number of hydrogen-bond donors (Lipinski definition) is 8. The highest BCUT2D eigenvalue weighted by molar-refractivity contribution is 5.94. The first-order chi connectivity index (χ1) is 14.4. The van der Waals surface area contributed by atoms with Crippen molar-refractivity contribution in [3.63, 3.8) is 0 Å². The third-order valence-corrected chi connectivity index (χ3v) is 4.54. The smallest absolute Gasteiger partial charge is 0.326 e. The molecule has 31 heavy (non-hydrogen) atoms. The van der Waals surface area contributed by atoms with Crippen LogP contribution in [0.15, 0.2) is 0 Å². The highest BCUT2D eigenvalue weighted by atomic mass is 16.4. The van der Waals surface area contributed by atoms with E-state index in [2.05, 4.69) is 16.0 Å². The Bertz CT molecular complexity index is 600. The summed E-state index contributed by atoms with van der Waals surface area (Å²) >= 11 is 0. The van der Waals surface area contributed by atoms with Crippen molar-refractivity contribution in [1.29, 1.82) is 0 Å². The molecule has 3 amide bonds. The quantitative estimate of drug-likeness (QED) is 0.123. The van der Waals surface area contributed by atoms with Gasteiger partial charge in [-0.25, -0.2) is 4.79 Å². The zero-order chi connectivity index (χ0) is 24.1. The van der Waals surface area contributed by atoms with Crippen molar-refractivity contribution in [2.24, 2.45) is 17.4 Å². The van der Waals surface area contributed by atoms with Crippen LogP contribution in [0, 0.1) is 5.92 Å². The van der Waals surface area contributed by atoms with Gasteiger partial charge >= 0.3 is 5.97 Å². The summed E-state index contributed by atoms with van der Waals surface area (Å²) in [4.78, 5) is 48.6. The van der Waals surface area contributed by atoms with Gasteiger partial charge in [-0.3, -0.25) is 14.4 Å². The Morgan fingerprint density at radius 3 is 1.84 bits per heavy atom. The van der Waals surface area contributed by atoms with Crippen LogP contribution in [0.25, 0.3) is 0 Å².